The Morgan fingerprint density at radius 1 is 0.694 bits per heavy atom. The maximum Gasteiger partial charge on any atom is 0.280 e. The zero-order valence-corrected chi connectivity index (χ0v) is 20.6. The molecule has 194 valence electrons. The standard InChI is InChI=1S/C16H30N20/c1-15(2,3)7-19-10(26-23-7)20-8(17)24-25-9(18)21-11-22-12(28-27-11)29-30-13-31-33-14(34-32-13)35-36-16(4,5)6/h36H,1-6H3,(H,30,31,32)(H,33,34,35)(H4,17,19,20,23,24,26)(H5,18,21,22,25,27,28,29). The highest BCUT2D eigenvalue weighted by Crippen LogP contribution is 2.18. The summed E-state index contributed by atoms with van der Waals surface area (Å²) >= 11 is 0. The molecule has 3 aromatic rings. The number of hydrogen-bond acceptors (Lipinski definition) is 14. The Balaban J connectivity index is 1.47. The van der Waals surface area contributed by atoms with Crippen LogP contribution in [-0.4, -0.2) is 68.2 Å². The number of nitrogens with one attached hydrogen (secondary N) is 8. The van der Waals surface area contributed by atoms with Crippen LogP contribution in [0, 0.1) is 0 Å². The van der Waals surface area contributed by atoms with Crippen LogP contribution in [0.4, 0.5) is 29.7 Å². The molecule has 3 rings (SSSR count). The molecular weight excluding hydrogens is 472 g/mol. The van der Waals surface area contributed by atoms with Gasteiger partial charge in [-0.15, -0.1) is 35.7 Å². The zero-order valence-electron chi connectivity index (χ0n) is 20.6. The summed E-state index contributed by atoms with van der Waals surface area (Å²) in [4.78, 5) is 8.40. The van der Waals surface area contributed by atoms with Crippen molar-refractivity contribution in [2.75, 3.05) is 26.9 Å². The number of rotatable bonds is 8. The quantitative estimate of drug-likeness (QED) is 0.101. The molecule has 0 fully saturated rings. The van der Waals surface area contributed by atoms with Gasteiger partial charge in [0.1, 0.15) is 0 Å². The van der Waals surface area contributed by atoms with E-state index in [0.29, 0.717) is 11.8 Å². The number of H-pyrrole nitrogens is 2. The summed E-state index contributed by atoms with van der Waals surface area (Å²) in [5.74, 6) is 1.41. The molecule has 0 atom stereocenters. The molecule has 20 nitrogen and oxygen atoms in total. The third-order valence-corrected chi connectivity index (χ3v) is 3.71. The van der Waals surface area contributed by atoms with E-state index >= 15 is 0 Å². The molecule has 3 heterocycles. The lowest BCUT2D eigenvalue weighted by Crippen LogP contribution is -2.40. The minimum absolute atomic E-state index is 0.0573. The number of guanidine groups is 2. The number of hydrazine groups is 2. The van der Waals surface area contributed by atoms with E-state index in [1.165, 1.54) is 0 Å². The molecule has 0 radical (unpaired) electrons. The van der Waals surface area contributed by atoms with E-state index in [1.54, 1.807) is 0 Å². The van der Waals surface area contributed by atoms with E-state index in [2.05, 4.69) is 93.3 Å². The molecule has 36 heavy (non-hydrogen) atoms. The van der Waals surface area contributed by atoms with Crippen LogP contribution >= 0.6 is 0 Å². The highest BCUT2D eigenvalue weighted by molar-refractivity contribution is 5.93. The van der Waals surface area contributed by atoms with Gasteiger partial charge in [-0.25, -0.2) is 15.6 Å². The molecule has 0 unspecified atom stereocenters. The Kier molecular flexibility index (Phi) is 7.57. The van der Waals surface area contributed by atoms with Crippen LogP contribution in [0.2, 0.25) is 0 Å². The van der Waals surface area contributed by atoms with Crippen molar-refractivity contribution in [3.8, 4) is 0 Å². The first kappa shape index (κ1) is 25.7. The van der Waals surface area contributed by atoms with Crippen molar-refractivity contribution < 1.29 is 0 Å². The third kappa shape index (κ3) is 8.16. The zero-order chi connectivity index (χ0) is 26.3. The molecule has 0 spiro atoms. The van der Waals surface area contributed by atoms with Crippen molar-refractivity contribution in [1.29, 1.82) is 0 Å². The first-order valence-electron chi connectivity index (χ1n) is 10.6. The summed E-state index contributed by atoms with van der Waals surface area (Å²) in [6, 6.07) is 0. The Hall–Kier alpha value is -4.88. The highest BCUT2D eigenvalue weighted by atomic mass is 15.5. The number of hydrogen-bond donors (Lipinski definition) is 10. The van der Waals surface area contributed by atoms with E-state index in [0.717, 1.165) is 0 Å². The normalized spacial score (nSPS) is 12.8. The fraction of sp³-hybridized carbons (Fsp3) is 0.500. The van der Waals surface area contributed by atoms with Crippen LogP contribution in [0.1, 0.15) is 47.4 Å². The topological polar surface area (TPSA) is 284 Å². The molecule has 0 aromatic carbocycles. The minimum atomic E-state index is -0.221. The van der Waals surface area contributed by atoms with Crippen LogP contribution < -0.4 is 43.8 Å². The molecule has 0 aliphatic carbocycles. The van der Waals surface area contributed by atoms with E-state index < -0.39 is 0 Å². The van der Waals surface area contributed by atoms with Crippen LogP contribution in [-0.2, 0) is 5.41 Å². The lowest BCUT2D eigenvalue weighted by molar-refractivity contribution is 0.462. The Labute approximate surface area is 205 Å². The molecule has 12 N–H and O–H groups in total. The van der Waals surface area contributed by atoms with Crippen LogP contribution in [0.15, 0.2) is 10.2 Å². The van der Waals surface area contributed by atoms with Crippen LogP contribution in [0.25, 0.3) is 0 Å². The molecule has 0 amide bonds. The first-order chi connectivity index (χ1) is 16.9. The van der Waals surface area contributed by atoms with Crippen LogP contribution in [0.3, 0.4) is 0 Å². The molecule has 0 saturated carbocycles. The van der Waals surface area contributed by atoms with Gasteiger partial charge < -0.3 is 11.5 Å². The summed E-state index contributed by atoms with van der Waals surface area (Å²) in [6.45, 7) is 11.9. The van der Waals surface area contributed by atoms with E-state index in [-0.39, 0.29) is 46.7 Å². The predicted molar refractivity (Wildman–Crippen MR) is 133 cm³/mol. The van der Waals surface area contributed by atoms with Gasteiger partial charge in [-0.3, -0.25) is 26.9 Å². The Morgan fingerprint density at radius 2 is 1.19 bits per heavy atom. The van der Waals surface area contributed by atoms with Gasteiger partial charge in [0, 0.05) is 11.0 Å². The second-order valence-electron chi connectivity index (χ2n) is 9.28. The van der Waals surface area contributed by atoms with Crippen LogP contribution in [0.5, 0.6) is 0 Å². The summed E-state index contributed by atoms with van der Waals surface area (Å²) < 4.78 is 0. The van der Waals surface area contributed by atoms with Crippen molar-refractivity contribution in [2.24, 2.45) is 21.7 Å². The fourth-order valence-corrected chi connectivity index (χ4v) is 2.11. The van der Waals surface area contributed by atoms with Gasteiger partial charge >= 0.3 is 0 Å². The Morgan fingerprint density at radius 3 is 1.72 bits per heavy atom. The molecule has 3 aromatic heterocycles. The molecule has 0 saturated heterocycles. The number of aromatic nitrogens is 10. The lowest BCUT2D eigenvalue weighted by atomic mass is 9.96. The second kappa shape index (κ2) is 10.6. The third-order valence-electron chi connectivity index (χ3n) is 3.71. The average Bonchev–Trinajstić information content (AvgIpc) is 3.44. The van der Waals surface area contributed by atoms with Gasteiger partial charge in [0.25, 0.3) is 17.8 Å². The molecule has 0 aliphatic rings. The number of anilines is 5. The van der Waals surface area contributed by atoms with Gasteiger partial charge in [-0.05, 0) is 20.8 Å². The van der Waals surface area contributed by atoms with Crippen molar-refractivity contribution >= 4 is 41.7 Å². The largest absolute Gasteiger partial charge is 0.368 e. The predicted octanol–water partition coefficient (Wildman–Crippen LogP) is -0.977. The van der Waals surface area contributed by atoms with E-state index in [1.807, 2.05) is 41.5 Å². The average molecular weight is 503 g/mol. The minimum Gasteiger partial charge on any atom is -0.368 e. The smallest absolute Gasteiger partial charge is 0.280 e. The van der Waals surface area contributed by atoms with Gasteiger partial charge in [0.2, 0.25) is 23.8 Å². The monoisotopic (exact) mass is 502 g/mol. The van der Waals surface area contributed by atoms with Crippen molar-refractivity contribution in [2.45, 2.75) is 52.5 Å². The summed E-state index contributed by atoms with van der Waals surface area (Å²) in [5, 5.41) is 41.8. The first-order valence-corrected chi connectivity index (χ1v) is 10.6. The number of nitrogens with zero attached hydrogens (tertiary/aromatic N) is 10. The van der Waals surface area contributed by atoms with E-state index in [4.69, 9.17) is 11.5 Å². The fourth-order valence-electron chi connectivity index (χ4n) is 2.11. The van der Waals surface area contributed by atoms with Gasteiger partial charge in [-0.2, -0.15) is 15.1 Å². The van der Waals surface area contributed by atoms with Gasteiger partial charge in [0.15, 0.2) is 5.82 Å². The van der Waals surface area contributed by atoms with Crippen molar-refractivity contribution in [3.05, 3.63) is 5.82 Å². The summed E-state index contributed by atoms with van der Waals surface area (Å²) in [7, 11) is 0. The molecule has 0 bridgehead atoms. The summed E-state index contributed by atoms with van der Waals surface area (Å²) in [5.41, 5.74) is 22.3. The van der Waals surface area contributed by atoms with Crippen molar-refractivity contribution in [3.63, 3.8) is 0 Å². The van der Waals surface area contributed by atoms with Gasteiger partial charge in [0.05, 0.1) is 0 Å². The number of aromatic amines is 2. The molecular formula is C16H30N20. The Bertz CT molecular complexity index is 1180. The maximum atomic E-state index is 5.79. The van der Waals surface area contributed by atoms with E-state index in [9.17, 15) is 0 Å². The SMILES string of the molecule is CC(C)(C)NNc1nnc(NNc2n[nH]c(N/C(N)=N/N=C(\N)Nc3nc(C(C)(C)C)n[nH]3)n2)nn1. The number of nitrogens with two attached hydrogens (primary N) is 2. The van der Waals surface area contributed by atoms with Gasteiger partial charge in [-0.1, -0.05) is 20.8 Å². The molecule has 0 aliphatic heterocycles. The second-order valence-corrected chi connectivity index (χ2v) is 9.28. The van der Waals surface area contributed by atoms with Crippen molar-refractivity contribution in [1.82, 2.24) is 56.2 Å². The maximum absolute atomic E-state index is 5.79. The highest BCUT2D eigenvalue weighted by Gasteiger charge is 2.19. The summed E-state index contributed by atoms with van der Waals surface area (Å²) in [6.07, 6.45) is 0. The molecule has 20 heteroatoms. The lowest BCUT2D eigenvalue weighted by Gasteiger charge is -2.20.